The molecule has 1 aliphatic rings. The van der Waals surface area contributed by atoms with Crippen molar-refractivity contribution < 1.29 is 19.2 Å². The summed E-state index contributed by atoms with van der Waals surface area (Å²) < 4.78 is 5.80. The Morgan fingerprint density at radius 3 is 2.61 bits per heavy atom. The van der Waals surface area contributed by atoms with Crippen LogP contribution in [0.4, 0.5) is 17.1 Å². The van der Waals surface area contributed by atoms with Crippen molar-refractivity contribution in [3.8, 4) is 5.75 Å². The van der Waals surface area contributed by atoms with Gasteiger partial charge < -0.3 is 15.0 Å². The summed E-state index contributed by atoms with van der Waals surface area (Å²) in [7, 11) is 1.69. The number of aryl methyl sites for hydroxylation is 1. The monoisotopic (exact) mass is 383 g/mol. The predicted molar refractivity (Wildman–Crippen MR) is 105 cm³/mol. The van der Waals surface area contributed by atoms with E-state index in [1.54, 1.807) is 37.1 Å². The first-order valence-corrected chi connectivity index (χ1v) is 8.71. The molecule has 0 radical (unpaired) electrons. The second-order valence-corrected chi connectivity index (χ2v) is 7.43. The number of benzene rings is 2. The fourth-order valence-electron chi connectivity index (χ4n) is 3.07. The summed E-state index contributed by atoms with van der Waals surface area (Å²) in [6.45, 7) is 5.44. The fourth-order valence-corrected chi connectivity index (χ4v) is 3.07. The molecule has 0 aromatic heterocycles. The smallest absolute Gasteiger partial charge is 0.272 e. The number of nitrogens with one attached hydrogen (secondary N) is 1. The van der Waals surface area contributed by atoms with Gasteiger partial charge in [-0.25, -0.2) is 0 Å². The fraction of sp³-hybridized carbons (Fsp3) is 0.300. The van der Waals surface area contributed by atoms with Crippen LogP contribution < -0.4 is 15.0 Å². The summed E-state index contributed by atoms with van der Waals surface area (Å²) >= 11 is 0. The van der Waals surface area contributed by atoms with Crippen molar-refractivity contribution in [2.75, 3.05) is 23.9 Å². The molecule has 2 amide bonds. The van der Waals surface area contributed by atoms with E-state index < -0.39 is 16.2 Å². The molecular formula is C20H21N3O5. The predicted octanol–water partition coefficient (Wildman–Crippen LogP) is 3.54. The van der Waals surface area contributed by atoms with Crippen LogP contribution in [0.1, 0.15) is 29.8 Å². The van der Waals surface area contributed by atoms with Gasteiger partial charge in [0.1, 0.15) is 12.4 Å². The second kappa shape index (κ2) is 6.95. The van der Waals surface area contributed by atoms with Crippen LogP contribution in [0.15, 0.2) is 36.4 Å². The summed E-state index contributed by atoms with van der Waals surface area (Å²) in [5.41, 5.74) is 1.15. The van der Waals surface area contributed by atoms with E-state index in [4.69, 9.17) is 4.74 Å². The molecule has 0 bridgehead atoms. The third-order valence-corrected chi connectivity index (χ3v) is 4.71. The Kier molecular flexibility index (Phi) is 4.80. The van der Waals surface area contributed by atoms with E-state index >= 15 is 0 Å². The lowest BCUT2D eigenvalue weighted by Gasteiger charge is -2.24. The molecule has 2 aromatic carbocycles. The van der Waals surface area contributed by atoms with Crippen molar-refractivity contribution in [1.82, 2.24) is 0 Å². The van der Waals surface area contributed by atoms with Crippen LogP contribution in [0.25, 0.3) is 0 Å². The van der Waals surface area contributed by atoms with Crippen molar-refractivity contribution in [1.29, 1.82) is 0 Å². The molecule has 0 atom stereocenters. The molecule has 1 aliphatic heterocycles. The summed E-state index contributed by atoms with van der Waals surface area (Å²) in [5, 5.41) is 13.7. The lowest BCUT2D eigenvalue weighted by molar-refractivity contribution is -0.385. The number of amides is 2. The average Bonchev–Trinajstić information content (AvgIpc) is 2.72. The van der Waals surface area contributed by atoms with Gasteiger partial charge in [0, 0.05) is 36.0 Å². The summed E-state index contributed by atoms with van der Waals surface area (Å²) in [5.74, 6) is 0.0554. The molecule has 1 heterocycles. The lowest BCUT2D eigenvalue weighted by Crippen LogP contribution is -2.39. The molecular weight excluding hydrogens is 362 g/mol. The Morgan fingerprint density at radius 1 is 1.25 bits per heavy atom. The van der Waals surface area contributed by atoms with Crippen LogP contribution >= 0.6 is 0 Å². The quantitative estimate of drug-likeness (QED) is 0.645. The van der Waals surface area contributed by atoms with E-state index in [1.807, 2.05) is 13.8 Å². The van der Waals surface area contributed by atoms with Gasteiger partial charge in [-0.1, -0.05) is 0 Å². The Labute approximate surface area is 162 Å². The highest BCUT2D eigenvalue weighted by atomic mass is 16.6. The Balaban J connectivity index is 1.84. The number of nitrogens with zero attached hydrogens (tertiary/aromatic N) is 2. The van der Waals surface area contributed by atoms with Gasteiger partial charge in [0.15, 0.2) is 0 Å². The number of carbonyl (C=O) groups excluding carboxylic acids is 2. The van der Waals surface area contributed by atoms with Crippen LogP contribution in [0.3, 0.4) is 0 Å². The zero-order valence-electron chi connectivity index (χ0n) is 16.1. The lowest BCUT2D eigenvalue weighted by atomic mass is 9.93. The van der Waals surface area contributed by atoms with E-state index in [0.717, 1.165) is 0 Å². The van der Waals surface area contributed by atoms with Crippen LogP contribution in [0.5, 0.6) is 5.75 Å². The molecule has 0 unspecified atom stereocenters. The van der Waals surface area contributed by atoms with Gasteiger partial charge in [0.2, 0.25) is 5.91 Å². The van der Waals surface area contributed by atoms with Crippen molar-refractivity contribution >= 4 is 28.9 Å². The third-order valence-electron chi connectivity index (χ3n) is 4.71. The minimum absolute atomic E-state index is 0.0368. The van der Waals surface area contributed by atoms with Crippen molar-refractivity contribution in [2.24, 2.45) is 5.41 Å². The minimum Gasteiger partial charge on any atom is -0.490 e. The number of anilines is 2. The number of carbonyl (C=O) groups is 2. The Bertz CT molecular complexity index is 984. The maximum absolute atomic E-state index is 12.5. The van der Waals surface area contributed by atoms with E-state index in [1.165, 1.54) is 18.2 Å². The average molecular weight is 383 g/mol. The number of hydrogen-bond donors (Lipinski definition) is 1. The molecule has 2 aromatic rings. The zero-order valence-corrected chi connectivity index (χ0v) is 16.1. The van der Waals surface area contributed by atoms with Gasteiger partial charge in [0.25, 0.3) is 11.6 Å². The molecule has 3 rings (SSSR count). The van der Waals surface area contributed by atoms with Gasteiger partial charge in [-0.2, -0.15) is 0 Å². The highest BCUT2D eigenvalue weighted by molar-refractivity contribution is 6.05. The van der Waals surface area contributed by atoms with Crippen LogP contribution in [-0.2, 0) is 4.79 Å². The molecule has 0 spiro atoms. The molecule has 28 heavy (non-hydrogen) atoms. The molecule has 146 valence electrons. The number of nitro benzene ring substituents is 1. The number of rotatable bonds is 3. The molecule has 0 fully saturated rings. The highest BCUT2D eigenvalue weighted by Crippen LogP contribution is 2.37. The molecule has 0 saturated carbocycles. The summed E-state index contributed by atoms with van der Waals surface area (Å²) in [4.78, 5) is 37.0. The number of hydrogen-bond acceptors (Lipinski definition) is 5. The normalized spacial score (nSPS) is 15.3. The minimum atomic E-state index is -0.659. The summed E-state index contributed by atoms with van der Waals surface area (Å²) in [6, 6.07) is 9.26. The highest BCUT2D eigenvalue weighted by Gasteiger charge is 2.36. The van der Waals surface area contributed by atoms with Crippen LogP contribution in [0.2, 0.25) is 0 Å². The van der Waals surface area contributed by atoms with Crippen molar-refractivity contribution in [2.45, 2.75) is 20.8 Å². The van der Waals surface area contributed by atoms with Crippen LogP contribution in [-0.4, -0.2) is 30.4 Å². The van der Waals surface area contributed by atoms with Crippen molar-refractivity contribution in [3.63, 3.8) is 0 Å². The summed E-state index contributed by atoms with van der Waals surface area (Å²) in [6.07, 6.45) is 0. The number of nitro groups is 1. The van der Waals surface area contributed by atoms with Gasteiger partial charge in [-0.05, 0) is 45.0 Å². The molecule has 1 N–H and O–H groups in total. The molecule has 0 aliphatic carbocycles. The SMILES string of the molecule is Cc1cc(C(=O)Nc2ccc3c(c2)OCC(C)(C)C(=O)N3C)ccc1[N+](=O)[O-]. The van der Waals surface area contributed by atoms with Gasteiger partial charge in [0.05, 0.1) is 16.0 Å². The molecule has 0 saturated heterocycles. The van der Waals surface area contributed by atoms with Gasteiger partial charge >= 0.3 is 0 Å². The van der Waals surface area contributed by atoms with E-state index in [0.29, 0.717) is 28.3 Å². The molecule has 8 heteroatoms. The first-order chi connectivity index (χ1) is 13.1. The second-order valence-electron chi connectivity index (χ2n) is 7.43. The Morgan fingerprint density at radius 2 is 1.96 bits per heavy atom. The largest absolute Gasteiger partial charge is 0.490 e. The third kappa shape index (κ3) is 3.53. The first kappa shape index (κ1) is 19.3. The first-order valence-electron chi connectivity index (χ1n) is 8.71. The maximum Gasteiger partial charge on any atom is 0.272 e. The molecule has 8 nitrogen and oxygen atoms in total. The van der Waals surface area contributed by atoms with Gasteiger partial charge in [-0.3, -0.25) is 19.7 Å². The van der Waals surface area contributed by atoms with Gasteiger partial charge in [-0.15, -0.1) is 0 Å². The van der Waals surface area contributed by atoms with E-state index in [9.17, 15) is 19.7 Å². The Hall–Kier alpha value is -3.42. The standard InChI is InChI=1S/C20H21N3O5/c1-12-9-13(5-7-15(12)23(26)27)18(24)21-14-6-8-16-17(10-14)28-11-20(2,3)19(25)22(16)4/h5-10H,11H2,1-4H3,(H,21,24). The maximum atomic E-state index is 12.5. The van der Waals surface area contributed by atoms with Crippen molar-refractivity contribution in [3.05, 3.63) is 57.6 Å². The van der Waals surface area contributed by atoms with E-state index in [2.05, 4.69) is 5.32 Å². The topological polar surface area (TPSA) is 102 Å². The number of fused-ring (bicyclic) bond motifs is 1. The zero-order chi connectivity index (χ0) is 20.6. The van der Waals surface area contributed by atoms with Crippen LogP contribution in [0, 0.1) is 22.5 Å². The van der Waals surface area contributed by atoms with E-state index in [-0.39, 0.29) is 18.2 Å². The number of ether oxygens (including phenoxy) is 1.